The van der Waals surface area contributed by atoms with Crippen molar-refractivity contribution in [2.24, 2.45) is 0 Å². The molecule has 36 heavy (non-hydrogen) atoms. The van der Waals surface area contributed by atoms with Crippen LogP contribution in [0.4, 0.5) is 13.2 Å². The lowest BCUT2D eigenvalue weighted by Crippen LogP contribution is -2.32. The van der Waals surface area contributed by atoms with Gasteiger partial charge in [0, 0.05) is 25.2 Å². The second-order valence-corrected chi connectivity index (χ2v) is 10.8. The number of amides is 1. The van der Waals surface area contributed by atoms with Gasteiger partial charge in [-0.1, -0.05) is 18.2 Å². The van der Waals surface area contributed by atoms with Crippen LogP contribution >= 0.6 is 11.3 Å². The number of thiophene rings is 1. The Balaban J connectivity index is 1.21. The second-order valence-electron chi connectivity index (χ2n) is 8.49. The predicted molar refractivity (Wildman–Crippen MR) is 132 cm³/mol. The predicted octanol–water partition coefficient (Wildman–Crippen LogP) is 5.21. The molecule has 1 amide bonds. The molecule has 6 nitrogen and oxygen atoms in total. The van der Waals surface area contributed by atoms with Crippen LogP contribution in [0.2, 0.25) is 0 Å². The van der Waals surface area contributed by atoms with Crippen LogP contribution in [0.15, 0.2) is 59.3 Å². The van der Waals surface area contributed by atoms with E-state index in [1.807, 2.05) is 35.7 Å². The number of carbonyl (C=O) groups excluding carboxylic acids is 1. The second kappa shape index (κ2) is 11.0. The van der Waals surface area contributed by atoms with Crippen LogP contribution in [0.3, 0.4) is 0 Å². The third-order valence-corrected chi connectivity index (χ3v) is 7.61. The quantitative estimate of drug-likeness (QED) is 0.230. The third kappa shape index (κ3) is 6.45. The summed E-state index contributed by atoms with van der Waals surface area (Å²) in [5.74, 6) is -0.473. The molecule has 4 rings (SSSR count). The summed E-state index contributed by atoms with van der Waals surface area (Å²) in [4.78, 5) is 14.5. The summed E-state index contributed by atoms with van der Waals surface area (Å²) >= 11 is 1.62. The SMILES string of the molecule is O=C(NCCCCN1CCc2ccc(OS(=O)(=O)C(F)(F)F)cc2C1)c1ccc(-c2ccsc2)cc1. The molecule has 1 aliphatic rings. The van der Waals surface area contributed by atoms with Gasteiger partial charge in [0.25, 0.3) is 5.91 Å². The van der Waals surface area contributed by atoms with Crippen molar-refractivity contribution in [1.82, 2.24) is 10.2 Å². The number of nitrogens with zero attached hydrogens (tertiary/aromatic N) is 1. The fourth-order valence-corrected chi connectivity index (χ4v) is 5.13. The molecule has 0 spiro atoms. The molecule has 0 unspecified atom stereocenters. The first kappa shape index (κ1) is 26.2. The van der Waals surface area contributed by atoms with Gasteiger partial charge >= 0.3 is 15.6 Å². The van der Waals surface area contributed by atoms with Crippen molar-refractivity contribution < 1.29 is 30.6 Å². The summed E-state index contributed by atoms with van der Waals surface area (Å²) in [5, 5.41) is 6.99. The average Bonchev–Trinajstić information content (AvgIpc) is 3.38. The molecule has 2 heterocycles. The van der Waals surface area contributed by atoms with Crippen molar-refractivity contribution in [3.8, 4) is 16.9 Å². The van der Waals surface area contributed by atoms with Crippen molar-refractivity contribution in [3.05, 3.63) is 76.0 Å². The van der Waals surface area contributed by atoms with Gasteiger partial charge in [0.2, 0.25) is 0 Å². The minimum atomic E-state index is -5.70. The average molecular weight is 539 g/mol. The summed E-state index contributed by atoms with van der Waals surface area (Å²) in [7, 11) is -5.70. The number of hydrogen-bond acceptors (Lipinski definition) is 6. The molecule has 0 radical (unpaired) electrons. The molecule has 11 heteroatoms. The van der Waals surface area contributed by atoms with E-state index in [-0.39, 0.29) is 11.7 Å². The minimum Gasteiger partial charge on any atom is -0.376 e. The van der Waals surface area contributed by atoms with Crippen molar-refractivity contribution in [3.63, 3.8) is 0 Å². The monoisotopic (exact) mass is 538 g/mol. The number of fused-ring (bicyclic) bond motifs is 1. The van der Waals surface area contributed by atoms with Gasteiger partial charge in [0.1, 0.15) is 5.75 Å². The number of hydrogen-bond donors (Lipinski definition) is 1. The summed E-state index contributed by atoms with van der Waals surface area (Å²) in [6.45, 7) is 2.55. The Labute approximate surface area is 211 Å². The smallest absolute Gasteiger partial charge is 0.376 e. The molecule has 192 valence electrons. The van der Waals surface area contributed by atoms with Gasteiger partial charge in [-0.3, -0.25) is 9.69 Å². The summed E-state index contributed by atoms with van der Waals surface area (Å²) < 4.78 is 64.6. The lowest BCUT2D eigenvalue weighted by molar-refractivity contribution is -0.0500. The van der Waals surface area contributed by atoms with Crippen LogP contribution in [0.5, 0.6) is 5.75 Å². The number of unbranched alkanes of at least 4 members (excludes halogenated alkanes) is 1. The van der Waals surface area contributed by atoms with Crippen LogP contribution in [0, 0.1) is 0 Å². The van der Waals surface area contributed by atoms with Crippen molar-refractivity contribution >= 4 is 27.4 Å². The van der Waals surface area contributed by atoms with E-state index in [4.69, 9.17) is 0 Å². The highest BCUT2D eigenvalue weighted by molar-refractivity contribution is 7.88. The highest BCUT2D eigenvalue weighted by atomic mass is 32.2. The Kier molecular flexibility index (Phi) is 8.01. The van der Waals surface area contributed by atoms with E-state index in [1.54, 1.807) is 17.4 Å². The van der Waals surface area contributed by atoms with E-state index >= 15 is 0 Å². The zero-order valence-electron chi connectivity index (χ0n) is 19.3. The minimum absolute atomic E-state index is 0.125. The number of carbonyl (C=O) groups is 1. The summed E-state index contributed by atoms with van der Waals surface area (Å²) in [6.07, 6.45) is 2.31. The molecule has 0 saturated carbocycles. The van der Waals surface area contributed by atoms with Gasteiger partial charge in [-0.15, -0.1) is 0 Å². The molecular weight excluding hydrogens is 513 g/mol. The number of rotatable bonds is 9. The van der Waals surface area contributed by atoms with Crippen LogP contribution in [0.1, 0.15) is 34.3 Å². The van der Waals surface area contributed by atoms with Gasteiger partial charge < -0.3 is 9.50 Å². The highest BCUT2D eigenvalue weighted by Crippen LogP contribution is 2.30. The van der Waals surface area contributed by atoms with Gasteiger partial charge in [-0.05, 0) is 89.2 Å². The van der Waals surface area contributed by atoms with Gasteiger partial charge in [-0.2, -0.15) is 32.9 Å². The van der Waals surface area contributed by atoms with Gasteiger partial charge in [0.05, 0.1) is 0 Å². The molecular formula is C25H25F3N2O4S2. The zero-order valence-corrected chi connectivity index (χ0v) is 20.9. The molecule has 1 aromatic heterocycles. The molecule has 0 atom stereocenters. The van der Waals surface area contributed by atoms with Gasteiger partial charge in [-0.25, -0.2) is 0 Å². The maximum Gasteiger partial charge on any atom is 0.534 e. The first-order valence-electron chi connectivity index (χ1n) is 11.4. The Morgan fingerprint density at radius 2 is 1.81 bits per heavy atom. The highest BCUT2D eigenvalue weighted by Gasteiger charge is 2.48. The van der Waals surface area contributed by atoms with E-state index in [1.165, 1.54) is 12.1 Å². The Bertz CT molecular complexity index is 1290. The first-order valence-corrected chi connectivity index (χ1v) is 13.7. The number of alkyl halides is 3. The Morgan fingerprint density at radius 3 is 2.50 bits per heavy atom. The number of nitrogens with one attached hydrogen (secondary N) is 1. The van der Waals surface area contributed by atoms with E-state index in [9.17, 15) is 26.4 Å². The zero-order chi connectivity index (χ0) is 25.8. The topological polar surface area (TPSA) is 75.7 Å². The molecule has 3 aromatic rings. The van der Waals surface area contributed by atoms with Crippen LogP contribution in [0.25, 0.3) is 11.1 Å². The molecule has 0 aliphatic carbocycles. The van der Waals surface area contributed by atoms with Crippen molar-refractivity contribution in [2.75, 3.05) is 19.6 Å². The molecule has 0 fully saturated rings. The maximum absolute atomic E-state index is 12.6. The summed E-state index contributed by atoms with van der Waals surface area (Å²) in [6, 6.07) is 13.7. The lowest BCUT2D eigenvalue weighted by Gasteiger charge is -2.29. The molecule has 0 bridgehead atoms. The Hall–Kier alpha value is -2.89. The molecule has 1 aliphatic heterocycles. The largest absolute Gasteiger partial charge is 0.534 e. The molecule has 0 saturated heterocycles. The van der Waals surface area contributed by atoms with Crippen LogP contribution in [-0.2, 0) is 23.1 Å². The van der Waals surface area contributed by atoms with Crippen LogP contribution < -0.4 is 9.50 Å². The van der Waals surface area contributed by atoms with E-state index in [0.717, 1.165) is 48.2 Å². The number of halogens is 3. The molecule has 2 aromatic carbocycles. The van der Waals surface area contributed by atoms with Crippen molar-refractivity contribution in [2.45, 2.75) is 31.3 Å². The fraction of sp³-hybridized carbons (Fsp3) is 0.320. The third-order valence-electron chi connectivity index (χ3n) is 5.95. The lowest BCUT2D eigenvalue weighted by atomic mass is 9.99. The van der Waals surface area contributed by atoms with E-state index in [2.05, 4.69) is 19.8 Å². The summed E-state index contributed by atoms with van der Waals surface area (Å²) in [5.41, 5.74) is -0.973. The first-order chi connectivity index (χ1) is 17.1. The van der Waals surface area contributed by atoms with Crippen molar-refractivity contribution in [1.29, 1.82) is 0 Å². The molecule has 1 N–H and O–H groups in total. The Morgan fingerprint density at radius 1 is 1.03 bits per heavy atom. The van der Waals surface area contributed by atoms with Gasteiger partial charge in [0.15, 0.2) is 0 Å². The fourth-order valence-electron chi connectivity index (χ4n) is 4.02. The van der Waals surface area contributed by atoms with E-state index < -0.39 is 15.6 Å². The number of benzene rings is 2. The van der Waals surface area contributed by atoms with E-state index in [0.29, 0.717) is 25.1 Å². The standard InChI is InChI=1S/C25H25F3N2O4S2/c26-25(27,28)36(32,33)34-23-8-7-19-9-13-30(16-22(19)15-23)12-2-1-11-29-24(31)20-5-3-18(4-6-20)21-10-14-35-17-21/h3-8,10,14-15,17H,1-2,9,11-13,16H2,(H,29,31). The maximum atomic E-state index is 12.6. The normalized spacial score (nSPS) is 14.3. The van der Waals surface area contributed by atoms with Crippen LogP contribution in [-0.4, -0.2) is 44.4 Å².